The van der Waals surface area contributed by atoms with Gasteiger partial charge in [0.25, 0.3) is 5.56 Å². The molecule has 3 N–H and O–H groups in total. The standard InChI is InChI=1S/C13H19N3O3/c1-2-5-16-6-9(3-4-12(16)17)15-13(18)10-7-19-8-11(10)14/h3-4,6,10-11H,2,5,7-8,14H2,1H3,(H,15,18). The van der Waals surface area contributed by atoms with Crippen molar-refractivity contribution >= 4 is 11.6 Å². The van der Waals surface area contributed by atoms with Crippen molar-refractivity contribution in [3.05, 3.63) is 28.7 Å². The molecular formula is C13H19N3O3. The van der Waals surface area contributed by atoms with E-state index in [0.717, 1.165) is 6.42 Å². The number of anilines is 1. The molecular weight excluding hydrogens is 246 g/mol. The molecule has 6 heteroatoms. The maximum Gasteiger partial charge on any atom is 0.250 e. The van der Waals surface area contributed by atoms with Gasteiger partial charge < -0.3 is 20.4 Å². The highest BCUT2D eigenvalue weighted by molar-refractivity contribution is 5.93. The molecule has 1 aliphatic rings. The Morgan fingerprint density at radius 2 is 2.32 bits per heavy atom. The van der Waals surface area contributed by atoms with Crippen LogP contribution in [0.3, 0.4) is 0 Å². The predicted molar refractivity (Wildman–Crippen MR) is 71.9 cm³/mol. The quantitative estimate of drug-likeness (QED) is 0.812. The van der Waals surface area contributed by atoms with Gasteiger partial charge in [-0.05, 0) is 12.5 Å². The minimum Gasteiger partial charge on any atom is -0.379 e. The van der Waals surface area contributed by atoms with Crippen molar-refractivity contribution in [2.24, 2.45) is 11.7 Å². The zero-order valence-electron chi connectivity index (χ0n) is 11.0. The molecule has 2 atom stereocenters. The molecule has 2 rings (SSSR count). The van der Waals surface area contributed by atoms with Crippen LogP contribution in [0.5, 0.6) is 0 Å². The summed E-state index contributed by atoms with van der Waals surface area (Å²) in [6.45, 7) is 3.39. The Hall–Kier alpha value is -1.66. The molecule has 104 valence electrons. The van der Waals surface area contributed by atoms with E-state index in [0.29, 0.717) is 25.4 Å². The normalized spacial score (nSPS) is 22.4. The van der Waals surface area contributed by atoms with E-state index in [1.165, 1.54) is 6.07 Å². The summed E-state index contributed by atoms with van der Waals surface area (Å²) in [6.07, 6.45) is 2.52. The van der Waals surface area contributed by atoms with Crippen molar-refractivity contribution in [3.8, 4) is 0 Å². The number of carbonyl (C=O) groups excluding carboxylic acids is 1. The number of carbonyl (C=O) groups is 1. The van der Waals surface area contributed by atoms with Crippen LogP contribution in [0.2, 0.25) is 0 Å². The van der Waals surface area contributed by atoms with Gasteiger partial charge in [0.15, 0.2) is 0 Å². The van der Waals surface area contributed by atoms with Crippen LogP contribution in [0.4, 0.5) is 5.69 Å². The van der Waals surface area contributed by atoms with Crippen LogP contribution in [0.1, 0.15) is 13.3 Å². The zero-order chi connectivity index (χ0) is 13.8. The van der Waals surface area contributed by atoms with E-state index < -0.39 is 0 Å². The SMILES string of the molecule is CCCn1cc(NC(=O)C2COCC2N)ccc1=O. The largest absolute Gasteiger partial charge is 0.379 e. The van der Waals surface area contributed by atoms with Crippen LogP contribution >= 0.6 is 0 Å². The van der Waals surface area contributed by atoms with Gasteiger partial charge in [0, 0.05) is 24.8 Å². The lowest BCUT2D eigenvalue weighted by molar-refractivity contribution is -0.120. The molecule has 0 bridgehead atoms. The average Bonchev–Trinajstić information content (AvgIpc) is 2.80. The Labute approximate surface area is 111 Å². The molecule has 0 aliphatic carbocycles. The number of aromatic nitrogens is 1. The summed E-state index contributed by atoms with van der Waals surface area (Å²) >= 11 is 0. The third-order valence-corrected chi connectivity index (χ3v) is 3.18. The molecule has 1 fully saturated rings. The Morgan fingerprint density at radius 1 is 1.53 bits per heavy atom. The molecule has 1 saturated heterocycles. The van der Waals surface area contributed by atoms with Crippen LogP contribution in [-0.4, -0.2) is 29.7 Å². The van der Waals surface area contributed by atoms with E-state index in [1.54, 1.807) is 16.8 Å². The summed E-state index contributed by atoms with van der Waals surface area (Å²) in [5.74, 6) is -0.488. The Bertz CT molecular complexity index is 512. The first kappa shape index (κ1) is 13.8. The van der Waals surface area contributed by atoms with E-state index in [9.17, 15) is 9.59 Å². The average molecular weight is 265 g/mol. The van der Waals surface area contributed by atoms with Crippen molar-refractivity contribution < 1.29 is 9.53 Å². The number of rotatable bonds is 4. The first-order chi connectivity index (χ1) is 9.11. The molecule has 0 aromatic carbocycles. The van der Waals surface area contributed by atoms with Crippen LogP contribution in [0.15, 0.2) is 23.1 Å². The van der Waals surface area contributed by atoms with Crippen molar-refractivity contribution in [3.63, 3.8) is 0 Å². The lowest BCUT2D eigenvalue weighted by atomic mass is 10.0. The molecule has 0 spiro atoms. The summed E-state index contributed by atoms with van der Waals surface area (Å²) in [6, 6.07) is 2.80. The van der Waals surface area contributed by atoms with Crippen molar-refractivity contribution in [2.75, 3.05) is 18.5 Å². The van der Waals surface area contributed by atoms with E-state index in [-0.39, 0.29) is 23.4 Å². The van der Waals surface area contributed by atoms with Gasteiger partial charge in [0.05, 0.1) is 24.8 Å². The minimum atomic E-state index is -0.327. The molecule has 1 aromatic heterocycles. The number of pyridine rings is 1. The fraction of sp³-hybridized carbons (Fsp3) is 0.538. The maximum absolute atomic E-state index is 12.0. The summed E-state index contributed by atoms with van der Waals surface area (Å²) in [5, 5.41) is 2.78. The minimum absolute atomic E-state index is 0.0687. The number of nitrogens with one attached hydrogen (secondary N) is 1. The molecule has 1 aromatic rings. The second-order valence-corrected chi connectivity index (χ2v) is 4.75. The fourth-order valence-electron chi connectivity index (χ4n) is 2.10. The third-order valence-electron chi connectivity index (χ3n) is 3.18. The van der Waals surface area contributed by atoms with Crippen LogP contribution in [0, 0.1) is 5.92 Å². The smallest absolute Gasteiger partial charge is 0.250 e. The van der Waals surface area contributed by atoms with E-state index in [2.05, 4.69) is 5.32 Å². The molecule has 2 unspecified atom stereocenters. The van der Waals surface area contributed by atoms with Gasteiger partial charge in [-0.3, -0.25) is 9.59 Å². The van der Waals surface area contributed by atoms with Gasteiger partial charge in [-0.25, -0.2) is 0 Å². The Morgan fingerprint density at radius 3 is 2.95 bits per heavy atom. The second kappa shape index (κ2) is 5.99. The first-order valence-electron chi connectivity index (χ1n) is 6.46. The highest BCUT2D eigenvalue weighted by atomic mass is 16.5. The molecule has 19 heavy (non-hydrogen) atoms. The van der Waals surface area contributed by atoms with Gasteiger partial charge in [-0.2, -0.15) is 0 Å². The van der Waals surface area contributed by atoms with Crippen LogP contribution in [-0.2, 0) is 16.1 Å². The predicted octanol–water partition coefficient (Wildman–Crippen LogP) is 0.170. The Balaban J connectivity index is 2.08. The highest BCUT2D eigenvalue weighted by Gasteiger charge is 2.31. The molecule has 2 heterocycles. The second-order valence-electron chi connectivity index (χ2n) is 4.75. The maximum atomic E-state index is 12.0. The van der Waals surface area contributed by atoms with Crippen LogP contribution in [0.25, 0.3) is 0 Å². The third kappa shape index (κ3) is 3.21. The fourth-order valence-corrected chi connectivity index (χ4v) is 2.10. The van der Waals surface area contributed by atoms with Crippen LogP contribution < -0.4 is 16.6 Å². The van der Waals surface area contributed by atoms with Gasteiger partial charge in [-0.1, -0.05) is 6.92 Å². The number of aryl methyl sites for hydroxylation is 1. The molecule has 6 nitrogen and oxygen atoms in total. The van der Waals surface area contributed by atoms with Crippen molar-refractivity contribution in [1.82, 2.24) is 4.57 Å². The number of nitrogens with two attached hydrogens (primary N) is 1. The number of hydrogen-bond donors (Lipinski definition) is 2. The lowest BCUT2D eigenvalue weighted by Gasteiger charge is -2.14. The van der Waals surface area contributed by atoms with Gasteiger partial charge in [-0.15, -0.1) is 0 Å². The van der Waals surface area contributed by atoms with Gasteiger partial charge in [0.2, 0.25) is 5.91 Å². The molecule has 0 saturated carbocycles. The first-order valence-corrected chi connectivity index (χ1v) is 6.46. The summed E-state index contributed by atoms with van der Waals surface area (Å²) in [5.41, 5.74) is 6.33. The topological polar surface area (TPSA) is 86.3 Å². The van der Waals surface area contributed by atoms with E-state index in [4.69, 9.17) is 10.5 Å². The lowest BCUT2D eigenvalue weighted by Crippen LogP contribution is -2.37. The number of ether oxygens (including phenoxy) is 1. The zero-order valence-corrected chi connectivity index (χ0v) is 11.0. The van der Waals surface area contributed by atoms with E-state index >= 15 is 0 Å². The van der Waals surface area contributed by atoms with Crippen molar-refractivity contribution in [2.45, 2.75) is 25.9 Å². The van der Waals surface area contributed by atoms with Gasteiger partial charge in [0.1, 0.15) is 0 Å². The summed E-state index contributed by atoms with van der Waals surface area (Å²) in [4.78, 5) is 23.6. The molecule has 0 radical (unpaired) electrons. The molecule has 1 aliphatic heterocycles. The van der Waals surface area contributed by atoms with E-state index in [1.807, 2.05) is 6.92 Å². The summed E-state index contributed by atoms with van der Waals surface area (Å²) in [7, 11) is 0. The summed E-state index contributed by atoms with van der Waals surface area (Å²) < 4.78 is 6.75. The molecule has 1 amide bonds. The number of hydrogen-bond acceptors (Lipinski definition) is 4. The Kier molecular flexibility index (Phi) is 4.34. The number of amides is 1. The highest BCUT2D eigenvalue weighted by Crippen LogP contribution is 2.14. The monoisotopic (exact) mass is 265 g/mol. The van der Waals surface area contributed by atoms with Crippen molar-refractivity contribution in [1.29, 1.82) is 0 Å². The van der Waals surface area contributed by atoms with Gasteiger partial charge >= 0.3 is 0 Å². The number of nitrogens with zero attached hydrogens (tertiary/aromatic N) is 1.